The van der Waals surface area contributed by atoms with E-state index in [1.54, 1.807) is 24.4 Å². The highest BCUT2D eigenvalue weighted by Crippen LogP contribution is 2.22. The minimum Gasteiger partial charge on any atom is -0.478 e. The van der Waals surface area contributed by atoms with Gasteiger partial charge in [0.15, 0.2) is 0 Å². The molecular weight excluding hydrogens is 300 g/mol. The molecule has 0 aliphatic carbocycles. The number of nitrogens with zero attached hydrogens (tertiary/aromatic N) is 2. The van der Waals surface area contributed by atoms with E-state index in [0.29, 0.717) is 17.1 Å². The third-order valence-corrected chi connectivity index (χ3v) is 3.62. The van der Waals surface area contributed by atoms with E-state index in [9.17, 15) is 9.90 Å². The first kappa shape index (κ1) is 14.4. The van der Waals surface area contributed by atoms with Crippen LogP contribution in [0.25, 0.3) is 11.4 Å². The van der Waals surface area contributed by atoms with Gasteiger partial charge in [-0.2, -0.15) is 0 Å². The lowest BCUT2D eigenvalue weighted by atomic mass is 10.1. The summed E-state index contributed by atoms with van der Waals surface area (Å²) < 4.78 is 1.91. The number of carboxylic acid groups (broad SMARTS) is 1. The molecule has 110 valence electrons. The van der Waals surface area contributed by atoms with Crippen LogP contribution in [0.1, 0.15) is 15.9 Å². The molecule has 2 aromatic carbocycles. The highest BCUT2D eigenvalue weighted by atomic mass is 35.5. The zero-order chi connectivity index (χ0) is 15.5. The van der Waals surface area contributed by atoms with Crippen molar-refractivity contribution in [2.45, 2.75) is 6.54 Å². The van der Waals surface area contributed by atoms with Crippen molar-refractivity contribution in [1.82, 2.24) is 9.55 Å². The van der Waals surface area contributed by atoms with Gasteiger partial charge in [-0.25, -0.2) is 9.78 Å². The number of rotatable bonds is 4. The number of benzene rings is 2. The maximum absolute atomic E-state index is 11.3. The minimum atomic E-state index is -0.931. The molecular formula is C17H13ClN2O2. The van der Waals surface area contributed by atoms with Gasteiger partial charge in [0.1, 0.15) is 5.82 Å². The number of carbonyl (C=O) groups is 1. The number of carboxylic acids is 1. The van der Waals surface area contributed by atoms with Gasteiger partial charge in [-0.05, 0) is 23.8 Å². The lowest BCUT2D eigenvalue weighted by Gasteiger charge is -2.10. The predicted octanol–water partition coefficient (Wildman–Crippen LogP) is 3.95. The van der Waals surface area contributed by atoms with E-state index >= 15 is 0 Å². The normalized spacial score (nSPS) is 10.6. The number of imidazole rings is 1. The summed E-state index contributed by atoms with van der Waals surface area (Å²) in [5, 5.41) is 9.91. The molecule has 0 radical (unpaired) electrons. The van der Waals surface area contributed by atoms with Gasteiger partial charge >= 0.3 is 5.97 Å². The van der Waals surface area contributed by atoms with E-state index in [-0.39, 0.29) is 0 Å². The Hall–Kier alpha value is -2.59. The number of aromatic nitrogens is 2. The zero-order valence-corrected chi connectivity index (χ0v) is 12.4. The molecule has 3 aromatic rings. The van der Waals surface area contributed by atoms with E-state index in [1.165, 1.54) is 0 Å². The highest BCUT2D eigenvalue weighted by Gasteiger charge is 2.12. The Morgan fingerprint density at radius 3 is 2.77 bits per heavy atom. The van der Waals surface area contributed by atoms with Crippen LogP contribution >= 0.6 is 11.6 Å². The number of aromatic carboxylic acids is 1. The maximum atomic E-state index is 11.3. The largest absolute Gasteiger partial charge is 0.478 e. The summed E-state index contributed by atoms with van der Waals surface area (Å²) in [6.07, 6.45) is 3.52. The molecule has 1 N–H and O–H groups in total. The molecule has 3 rings (SSSR count). The van der Waals surface area contributed by atoms with Gasteiger partial charge in [0, 0.05) is 29.5 Å². The molecule has 0 saturated heterocycles. The molecule has 0 bridgehead atoms. The average molecular weight is 313 g/mol. The van der Waals surface area contributed by atoms with E-state index in [2.05, 4.69) is 4.98 Å². The molecule has 0 spiro atoms. The molecule has 0 aliphatic heterocycles. The molecule has 0 aliphatic rings. The van der Waals surface area contributed by atoms with Crippen LogP contribution in [0.5, 0.6) is 0 Å². The van der Waals surface area contributed by atoms with Crippen LogP contribution in [-0.4, -0.2) is 20.6 Å². The summed E-state index contributed by atoms with van der Waals surface area (Å²) in [4.78, 5) is 15.7. The van der Waals surface area contributed by atoms with Crippen LogP contribution < -0.4 is 0 Å². The molecule has 0 amide bonds. The molecule has 5 heteroatoms. The fourth-order valence-corrected chi connectivity index (χ4v) is 2.57. The van der Waals surface area contributed by atoms with Crippen molar-refractivity contribution in [3.8, 4) is 11.4 Å². The van der Waals surface area contributed by atoms with Crippen molar-refractivity contribution >= 4 is 17.6 Å². The predicted molar refractivity (Wildman–Crippen MR) is 85.2 cm³/mol. The monoisotopic (exact) mass is 312 g/mol. The van der Waals surface area contributed by atoms with E-state index < -0.39 is 5.97 Å². The van der Waals surface area contributed by atoms with Gasteiger partial charge in [-0.3, -0.25) is 0 Å². The number of hydrogen-bond acceptors (Lipinski definition) is 2. The van der Waals surface area contributed by atoms with Crippen molar-refractivity contribution in [2.75, 3.05) is 0 Å². The molecule has 1 heterocycles. The standard InChI is InChI=1S/C17H13ClN2O2/c18-14-6-3-5-12(10-14)16-19-8-9-20(16)11-13-4-1-2-7-15(13)17(21)22/h1-10H,11H2,(H,21,22). The van der Waals surface area contributed by atoms with Crippen molar-refractivity contribution in [2.24, 2.45) is 0 Å². The summed E-state index contributed by atoms with van der Waals surface area (Å²) in [7, 11) is 0. The Morgan fingerprint density at radius 1 is 1.18 bits per heavy atom. The third-order valence-electron chi connectivity index (χ3n) is 3.39. The Balaban J connectivity index is 1.99. The van der Waals surface area contributed by atoms with Crippen molar-refractivity contribution in [3.05, 3.63) is 77.1 Å². The average Bonchev–Trinajstić information content (AvgIpc) is 2.96. The molecule has 4 nitrogen and oxygen atoms in total. The molecule has 0 fully saturated rings. The number of halogens is 1. The maximum Gasteiger partial charge on any atom is 0.336 e. The van der Waals surface area contributed by atoms with Crippen molar-refractivity contribution in [3.63, 3.8) is 0 Å². The molecule has 0 saturated carbocycles. The Labute approximate surface area is 132 Å². The molecule has 1 aromatic heterocycles. The van der Waals surface area contributed by atoms with Crippen LogP contribution in [0.15, 0.2) is 60.9 Å². The first-order valence-corrected chi connectivity index (χ1v) is 7.11. The second-order valence-corrected chi connectivity index (χ2v) is 5.29. The van der Waals surface area contributed by atoms with Crippen LogP contribution in [-0.2, 0) is 6.54 Å². The summed E-state index contributed by atoms with van der Waals surface area (Å²) in [5.41, 5.74) is 1.93. The third kappa shape index (κ3) is 2.87. The van der Waals surface area contributed by atoms with E-state index in [0.717, 1.165) is 17.0 Å². The van der Waals surface area contributed by atoms with Gasteiger partial charge in [0.25, 0.3) is 0 Å². The lowest BCUT2D eigenvalue weighted by Crippen LogP contribution is -2.07. The molecule has 0 atom stereocenters. The van der Waals surface area contributed by atoms with Crippen molar-refractivity contribution in [1.29, 1.82) is 0 Å². The van der Waals surface area contributed by atoms with E-state index in [4.69, 9.17) is 11.6 Å². The summed E-state index contributed by atoms with van der Waals surface area (Å²) in [6.45, 7) is 0.435. The molecule has 0 unspecified atom stereocenters. The topological polar surface area (TPSA) is 55.1 Å². The Morgan fingerprint density at radius 2 is 2.00 bits per heavy atom. The first-order chi connectivity index (χ1) is 10.6. The van der Waals surface area contributed by atoms with Gasteiger partial charge in [0.05, 0.1) is 5.56 Å². The number of hydrogen-bond donors (Lipinski definition) is 1. The SMILES string of the molecule is O=C(O)c1ccccc1Cn1ccnc1-c1cccc(Cl)c1. The van der Waals surface area contributed by atoms with Crippen LogP contribution in [0.4, 0.5) is 0 Å². The van der Waals surface area contributed by atoms with Crippen LogP contribution in [0.3, 0.4) is 0 Å². The van der Waals surface area contributed by atoms with Gasteiger partial charge in [0.2, 0.25) is 0 Å². The second kappa shape index (κ2) is 6.03. The Kier molecular flexibility index (Phi) is 3.94. The summed E-state index contributed by atoms with van der Waals surface area (Å²) in [6, 6.07) is 14.4. The summed E-state index contributed by atoms with van der Waals surface area (Å²) in [5.74, 6) is -0.178. The summed E-state index contributed by atoms with van der Waals surface area (Å²) >= 11 is 6.03. The first-order valence-electron chi connectivity index (χ1n) is 6.73. The molecule has 22 heavy (non-hydrogen) atoms. The fraction of sp³-hybridized carbons (Fsp3) is 0.0588. The smallest absolute Gasteiger partial charge is 0.336 e. The van der Waals surface area contributed by atoms with E-state index in [1.807, 2.05) is 41.1 Å². The van der Waals surface area contributed by atoms with Crippen LogP contribution in [0, 0.1) is 0 Å². The highest BCUT2D eigenvalue weighted by molar-refractivity contribution is 6.30. The van der Waals surface area contributed by atoms with Crippen molar-refractivity contribution < 1.29 is 9.90 Å². The quantitative estimate of drug-likeness (QED) is 0.793. The van der Waals surface area contributed by atoms with Gasteiger partial charge in [-0.15, -0.1) is 0 Å². The fourth-order valence-electron chi connectivity index (χ4n) is 2.38. The zero-order valence-electron chi connectivity index (χ0n) is 11.6. The lowest BCUT2D eigenvalue weighted by molar-refractivity contribution is 0.0695. The minimum absolute atomic E-state index is 0.299. The van der Waals surface area contributed by atoms with Gasteiger partial charge < -0.3 is 9.67 Å². The second-order valence-electron chi connectivity index (χ2n) is 4.85. The van der Waals surface area contributed by atoms with Gasteiger partial charge in [-0.1, -0.05) is 41.9 Å². The Bertz CT molecular complexity index is 827. The van der Waals surface area contributed by atoms with Crippen LogP contribution in [0.2, 0.25) is 5.02 Å².